The van der Waals surface area contributed by atoms with Crippen molar-refractivity contribution < 1.29 is 4.74 Å². The average Bonchev–Trinajstić information content (AvgIpc) is 2.46. The Bertz CT molecular complexity index is 551. The van der Waals surface area contributed by atoms with Gasteiger partial charge in [-0.25, -0.2) is 0 Å². The fourth-order valence-corrected chi connectivity index (χ4v) is 2.75. The van der Waals surface area contributed by atoms with Gasteiger partial charge in [-0.3, -0.25) is 0 Å². The molecule has 0 fully saturated rings. The summed E-state index contributed by atoms with van der Waals surface area (Å²) in [5.74, 6) is 0. The maximum atomic E-state index is 5.77. The lowest BCUT2D eigenvalue weighted by atomic mass is 9.92. The molecule has 2 aromatic rings. The smallest absolute Gasteiger partial charge is 0.102 e. The molecule has 0 amide bonds. The number of methoxy groups -OCH3 is 1. The van der Waals surface area contributed by atoms with Crippen molar-refractivity contribution in [1.82, 2.24) is 5.32 Å². The van der Waals surface area contributed by atoms with E-state index in [1.807, 2.05) is 13.1 Å². The lowest BCUT2D eigenvalue weighted by Crippen LogP contribution is -2.26. The van der Waals surface area contributed by atoms with E-state index in [0.29, 0.717) is 0 Å². The van der Waals surface area contributed by atoms with Crippen LogP contribution >= 0.6 is 0 Å². The van der Waals surface area contributed by atoms with Crippen molar-refractivity contribution in [3.05, 3.63) is 70.8 Å². The Kier molecular flexibility index (Phi) is 4.94. The molecule has 2 unspecified atom stereocenters. The zero-order chi connectivity index (χ0) is 14.5. The Balaban J connectivity index is 2.39. The van der Waals surface area contributed by atoms with Crippen LogP contribution in [-0.4, -0.2) is 14.2 Å². The predicted octanol–water partition coefficient (Wildman–Crippen LogP) is 3.95. The molecule has 0 saturated heterocycles. The number of rotatable bonds is 5. The molecule has 106 valence electrons. The Morgan fingerprint density at radius 3 is 2.25 bits per heavy atom. The SMILES string of the molecule is CNC(c1ccc(C)cc1C)C(OC)c1ccccc1. The maximum absolute atomic E-state index is 5.77. The third kappa shape index (κ3) is 3.09. The molecule has 0 saturated carbocycles. The monoisotopic (exact) mass is 269 g/mol. The van der Waals surface area contributed by atoms with Crippen LogP contribution in [0.15, 0.2) is 48.5 Å². The highest BCUT2D eigenvalue weighted by molar-refractivity contribution is 5.35. The van der Waals surface area contributed by atoms with Crippen molar-refractivity contribution in [2.75, 3.05) is 14.2 Å². The molecular formula is C18H23NO. The van der Waals surface area contributed by atoms with E-state index < -0.39 is 0 Å². The van der Waals surface area contributed by atoms with Crippen LogP contribution in [0.1, 0.15) is 34.4 Å². The second-order valence-corrected chi connectivity index (χ2v) is 5.19. The predicted molar refractivity (Wildman–Crippen MR) is 83.9 cm³/mol. The minimum atomic E-state index is 0.00241. The van der Waals surface area contributed by atoms with Crippen LogP contribution in [0, 0.1) is 13.8 Å². The highest BCUT2D eigenvalue weighted by atomic mass is 16.5. The van der Waals surface area contributed by atoms with Crippen molar-refractivity contribution in [3.63, 3.8) is 0 Å². The van der Waals surface area contributed by atoms with Gasteiger partial charge in [0.1, 0.15) is 6.10 Å². The summed E-state index contributed by atoms with van der Waals surface area (Å²) in [7, 11) is 3.75. The molecule has 0 spiro atoms. The highest BCUT2D eigenvalue weighted by Crippen LogP contribution is 2.33. The van der Waals surface area contributed by atoms with Crippen LogP contribution < -0.4 is 5.32 Å². The lowest BCUT2D eigenvalue weighted by molar-refractivity contribution is 0.0700. The van der Waals surface area contributed by atoms with E-state index in [4.69, 9.17) is 4.74 Å². The van der Waals surface area contributed by atoms with Gasteiger partial charge in [0.15, 0.2) is 0 Å². The van der Waals surface area contributed by atoms with Gasteiger partial charge in [-0.15, -0.1) is 0 Å². The Morgan fingerprint density at radius 2 is 1.70 bits per heavy atom. The molecule has 0 aromatic heterocycles. The maximum Gasteiger partial charge on any atom is 0.102 e. The lowest BCUT2D eigenvalue weighted by Gasteiger charge is -2.28. The van der Waals surface area contributed by atoms with E-state index in [0.717, 1.165) is 0 Å². The van der Waals surface area contributed by atoms with Crippen molar-refractivity contribution >= 4 is 0 Å². The topological polar surface area (TPSA) is 21.3 Å². The molecule has 2 aromatic carbocycles. The van der Waals surface area contributed by atoms with Gasteiger partial charge in [0.05, 0.1) is 6.04 Å². The molecule has 0 radical (unpaired) electrons. The molecule has 2 heteroatoms. The molecule has 0 aliphatic heterocycles. The zero-order valence-electron chi connectivity index (χ0n) is 12.7. The van der Waals surface area contributed by atoms with E-state index in [1.54, 1.807) is 7.11 Å². The molecule has 1 N–H and O–H groups in total. The minimum Gasteiger partial charge on any atom is -0.375 e. The van der Waals surface area contributed by atoms with Gasteiger partial charge in [-0.05, 0) is 37.6 Å². The van der Waals surface area contributed by atoms with E-state index in [2.05, 4.69) is 61.6 Å². The molecule has 0 heterocycles. The fraction of sp³-hybridized carbons (Fsp3) is 0.333. The van der Waals surface area contributed by atoms with Crippen LogP contribution in [-0.2, 0) is 4.74 Å². The van der Waals surface area contributed by atoms with Gasteiger partial charge < -0.3 is 10.1 Å². The zero-order valence-corrected chi connectivity index (χ0v) is 12.7. The number of aryl methyl sites for hydroxylation is 2. The summed E-state index contributed by atoms with van der Waals surface area (Å²) in [4.78, 5) is 0. The molecule has 2 rings (SSSR count). The van der Waals surface area contributed by atoms with Gasteiger partial charge in [0.25, 0.3) is 0 Å². The molecule has 0 aliphatic carbocycles. The molecule has 2 atom stereocenters. The van der Waals surface area contributed by atoms with Crippen LogP contribution in [0.3, 0.4) is 0 Å². The second-order valence-electron chi connectivity index (χ2n) is 5.19. The average molecular weight is 269 g/mol. The molecule has 0 bridgehead atoms. The Hall–Kier alpha value is -1.64. The third-order valence-electron chi connectivity index (χ3n) is 3.76. The number of likely N-dealkylation sites (N-methyl/N-ethyl adjacent to an activating group) is 1. The summed E-state index contributed by atoms with van der Waals surface area (Å²) in [6.45, 7) is 4.28. The van der Waals surface area contributed by atoms with Crippen LogP contribution in [0.25, 0.3) is 0 Å². The standard InChI is InChI=1S/C18H23NO/c1-13-10-11-16(14(2)12-13)17(19-3)18(20-4)15-8-6-5-7-9-15/h5-12,17-19H,1-4H3. The van der Waals surface area contributed by atoms with E-state index in [1.165, 1.54) is 22.3 Å². The van der Waals surface area contributed by atoms with Gasteiger partial charge in [0, 0.05) is 7.11 Å². The van der Waals surface area contributed by atoms with Crippen molar-refractivity contribution in [1.29, 1.82) is 0 Å². The summed E-state index contributed by atoms with van der Waals surface area (Å²) in [6, 6.07) is 17.1. The number of nitrogens with one attached hydrogen (secondary N) is 1. The summed E-state index contributed by atoms with van der Waals surface area (Å²) in [5, 5.41) is 3.40. The summed E-state index contributed by atoms with van der Waals surface area (Å²) >= 11 is 0. The first-order chi connectivity index (χ1) is 9.67. The summed E-state index contributed by atoms with van der Waals surface area (Å²) in [6.07, 6.45) is 0.00241. The van der Waals surface area contributed by atoms with Crippen molar-refractivity contribution in [3.8, 4) is 0 Å². The molecular weight excluding hydrogens is 246 g/mol. The van der Waals surface area contributed by atoms with Crippen LogP contribution in [0.5, 0.6) is 0 Å². The number of hydrogen-bond acceptors (Lipinski definition) is 2. The van der Waals surface area contributed by atoms with Crippen molar-refractivity contribution in [2.45, 2.75) is 26.0 Å². The molecule has 0 aliphatic rings. The van der Waals surface area contributed by atoms with Crippen LogP contribution in [0.2, 0.25) is 0 Å². The molecule has 2 nitrogen and oxygen atoms in total. The summed E-state index contributed by atoms with van der Waals surface area (Å²) < 4.78 is 5.77. The van der Waals surface area contributed by atoms with Gasteiger partial charge in [-0.2, -0.15) is 0 Å². The summed E-state index contributed by atoms with van der Waals surface area (Å²) in [5.41, 5.74) is 5.06. The number of hydrogen-bond donors (Lipinski definition) is 1. The first kappa shape index (κ1) is 14.8. The highest BCUT2D eigenvalue weighted by Gasteiger charge is 2.24. The van der Waals surface area contributed by atoms with Gasteiger partial charge in [-0.1, -0.05) is 54.1 Å². The second kappa shape index (κ2) is 6.69. The van der Waals surface area contributed by atoms with Gasteiger partial charge in [0.2, 0.25) is 0 Å². The quantitative estimate of drug-likeness (QED) is 0.887. The fourth-order valence-electron chi connectivity index (χ4n) is 2.75. The number of benzene rings is 2. The first-order valence-corrected chi connectivity index (χ1v) is 6.99. The van der Waals surface area contributed by atoms with Gasteiger partial charge >= 0.3 is 0 Å². The first-order valence-electron chi connectivity index (χ1n) is 6.99. The largest absolute Gasteiger partial charge is 0.375 e. The van der Waals surface area contributed by atoms with Crippen molar-refractivity contribution in [2.24, 2.45) is 0 Å². The van der Waals surface area contributed by atoms with E-state index in [-0.39, 0.29) is 12.1 Å². The Morgan fingerprint density at radius 1 is 1.00 bits per heavy atom. The van der Waals surface area contributed by atoms with E-state index >= 15 is 0 Å². The normalized spacial score (nSPS) is 14.0. The molecule has 20 heavy (non-hydrogen) atoms. The van der Waals surface area contributed by atoms with E-state index in [9.17, 15) is 0 Å². The number of ether oxygens (including phenoxy) is 1. The van der Waals surface area contributed by atoms with Crippen LogP contribution in [0.4, 0.5) is 0 Å². The minimum absolute atomic E-state index is 0.00241. The third-order valence-corrected chi connectivity index (χ3v) is 3.76. The Labute approximate surface area is 121 Å².